The van der Waals surface area contributed by atoms with Gasteiger partial charge in [0, 0.05) is 0 Å². The topological polar surface area (TPSA) is 23.1 Å². The smallest absolute Gasteiger partial charge is 0.853 e. The van der Waals surface area contributed by atoms with E-state index in [4.69, 9.17) is 23.2 Å². The number of halogens is 2. The first-order chi connectivity index (χ1) is 2.27. The van der Waals surface area contributed by atoms with Crippen LogP contribution < -0.4 is 24.0 Å². The quantitative estimate of drug-likeness (QED) is 0.270. The summed E-state index contributed by atoms with van der Waals surface area (Å²) < 4.78 is 0. The van der Waals surface area contributed by atoms with Crippen molar-refractivity contribution < 1.29 is 24.0 Å². The van der Waals surface area contributed by atoms with Crippen molar-refractivity contribution in [3.05, 3.63) is 0 Å². The minimum atomic E-state index is -0.727. The van der Waals surface area contributed by atoms with E-state index in [0.29, 0.717) is 0 Å². The van der Waals surface area contributed by atoms with Gasteiger partial charge in [-0.3, -0.25) is 0 Å². The first-order valence-corrected chi connectivity index (χ1v) is 2.01. The first-order valence-electron chi connectivity index (χ1n) is 1.13. The van der Waals surface area contributed by atoms with Crippen LogP contribution in [0, 0.1) is 0 Å². The Bertz CT molecular complexity index is 25.5. The van der Waals surface area contributed by atoms with E-state index in [1.807, 2.05) is 0 Å². The van der Waals surface area contributed by atoms with Crippen molar-refractivity contribution in [2.75, 3.05) is 6.61 Å². The summed E-state index contributed by atoms with van der Waals surface area (Å²) in [4.78, 5) is -0.727. The third-order valence-corrected chi connectivity index (χ3v) is 0.378. The molecule has 0 aromatic rings. The van der Waals surface area contributed by atoms with Gasteiger partial charge in [-0.1, -0.05) is 0 Å². The summed E-state index contributed by atoms with van der Waals surface area (Å²) in [5.74, 6) is 0. The van der Waals surface area contributed by atoms with Gasteiger partial charge < -0.3 is 5.11 Å². The molecule has 0 saturated heterocycles. The minimum Gasteiger partial charge on any atom is -0.853 e. The molecule has 1 nitrogen and oxygen atoms in total. The van der Waals surface area contributed by atoms with Gasteiger partial charge in [-0.2, -0.15) is 0 Å². The average molecular weight is 121 g/mol. The zero-order valence-electron chi connectivity index (χ0n) is 3.45. The van der Waals surface area contributed by atoms with Gasteiger partial charge in [0.25, 0.3) is 0 Å². The van der Waals surface area contributed by atoms with Gasteiger partial charge in [-0.25, -0.2) is 0 Å². The van der Waals surface area contributed by atoms with Gasteiger partial charge in [0.2, 0.25) is 0 Å². The fourth-order valence-corrected chi connectivity index (χ4v) is 0. The normalized spacial score (nSPS) is 8.00. The number of hydrogen-bond donors (Lipinski definition) is 0. The predicted molar refractivity (Wildman–Crippen MR) is 20.4 cm³/mol. The van der Waals surface area contributed by atoms with Crippen LogP contribution in [-0.4, -0.2) is 11.4 Å². The molecular weight excluding hydrogens is 118 g/mol. The summed E-state index contributed by atoms with van der Waals surface area (Å²) in [6.45, 7) is -0.414. The molecule has 0 aliphatic heterocycles. The summed E-state index contributed by atoms with van der Waals surface area (Å²) in [7, 11) is 0. The maximum Gasteiger partial charge on any atom is 1.00 e. The monoisotopic (exact) mass is 120 g/mol. The van der Waals surface area contributed by atoms with E-state index in [9.17, 15) is 5.11 Å². The molecule has 4 heteroatoms. The van der Waals surface area contributed by atoms with Crippen molar-refractivity contribution in [1.29, 1.82) is 0 Å². The van der Waals surface area contributed by atoms with E-state index in [2.05, 4.69) is 0 Å². The SMILES string of the molecule is [Li+].[O-]CC(Cl)Cl. The van der Waals surface area contributed by atoms with Gasteiger partial charge in [0.15, 0.2) is 0 Å². The number of rotatable bonds is 1. The summed E-state index contributed by atoms with van der Waals surface area (Å²) >= 11 is 9.83. The van der Waals surface area contributed by atoms with Crippen LogP contribution in [0.5, 0.6) is 0 Å². The molecule has 0 aromatic heterocycles. The third kappa shape index (κ3) is 8.93. The Morgan fingerprint density at radius 3 is 1.67 bits per heavy atom. The Hall–Kier alpha value is 1.14. The van der Waals surface area contributed by atoms with Crippen molar-refractivity contribution >= 4 is 23.2 Å². The van der Waals surface area contributed by atoms with Crippen molar-refractivity contribution in [2.45, 2.75) is 4.84 Å². The van der Waals surface area contributed by atoms with Crippen LogP contribution in [0.25, 0.3) is 0 Å². The van der Waals surface area contributed by atoms with Crippen LogP contribution >= 0.6 is 23.2 Å². The second-order valence-corrected chi connectivity index (χ2v) is 1.83. The van der Waals surface area contributed by atoms with Crippen molar-refractivity contribution in [3.63, 3.8) is 0 Å². The van der Waals surface area contributed by atoms with Crippen molar-refractivity contribution in [3.8, 4) is 0 Å². The van der Waals surface area contributed by atoms with Crippen LogP contribution in [-0.2, 0) is 0 Å². The van der Waals surface area contributed by atoms with Crippen LogP contribution in [0.4, 0.5) is 0 Å². The molecule has 0 bridgehead atoms. The molecule has 0 aliphatic rings. The van der Waals surface area contributed by atoms with Gasteiger partial charge in [-0.05, 0) is 0 Å². The van der Waals surface area contributed by atoms with Gasteiger partial charge >= 0.3 is 18.9 Å². The Balaban J connectivity index is 0. The molecular formula is C2H3Cl2LiO. The molecule has 0 rings (SSSR count). The summed E-state index contributed by atoms with van der Waals surface area (Å²) in [5, 5.41) is 9.37. The van der Waals surface area contributed by atoms with Crippen molar-refractivity contribution in [2.24, 2.45) is 0 Å². The van der Waals surface area contributed by atoms with E-state index >= 15 is 0 Å². The van der Waals surface area contributed by atoms with E-state index in [1.54, 1.807) is 0 Å². The van der Waals surface area contributed by atoms with Crippen LogP contribution in [0.3, 0.4) is 0 Å². The standard InChI is InChI=1S/C2H3Cl2O.Li/c3-2(4)1-5;/h2H,1H2;/q-1;+1. The maximum absolute atomic E-state index is 9.37. The second-order valence-electron chi connectivity index (χ2n) is 0.558. The average Bonchev–Trinajstić information content (AvgIpc) is 1.38. The molecule has 0 atom stereocenters. The zero-order valence-corrected chi connectivity index (χ0v) is 4.96. The summed E-state index contributed by atoms with van der Waals surface area (Å²) in [6, 6.07) is 0. The van der Waals surface area contributed by atoms with E-state index in [1.165, 1.54) is 0 Å². The van der Waals surface area contributed by atoms with E-state index in [-0.39, 0.29) is 18.9 Å². The van der Waals surface area contributed by atoms with Crippen molar-refractivity contribution in [1.82, 2.24) is 0 Å². The molecule has 0 unspecified atom stereocenters. The molecule has 0 radical (unpaired) electrons. The summed E-state index contributed by atoms with van der Waals surface area (Å²) in [5.41, 5.74) is 0. The van der Waals surface area contributed by atoms with E-state index < -0.39 is 11.4 Å². The molecule has 0 N–H and O–H groups in total. The van der Waals surface area contributed by atoms with Crippen LogP contribution in [0.15, 0.2) is 0 Å². The first kappa shape index (κ1) is 10.2. The minimum absolute atomic E-state index is 0. The Labute approximate surface area is 58.8 Å². The fraction of sp³-hybridized carbons (Fsp3) is 1.00. The largest absolute Gasteiger partial charge is 1.00 e. The maximum atomic E-state index is 9.37. The third-order valence-electron chi connectivity index (χ3n) is 0.126. The van der Waals surface area contributed by atoms with Gasteiger partial charge in [-0.15, -0.1) is 29.8 Å². The Morgan fingerprint density at radius 2 is 1.67 bits per heavy atom. The predicted octanol–water partition coefficient (Wildman–Crippen LogP) is -2.85. The molecule has 0 spiro atoms. The molecule has 0 saturated carbocycles. The van der Waals surface area contributed by atoms with Gasteiger partial charge in [0.1, 0.15) is 0 Å². The Morgan fingerprint density at radius 1 is 1.50 bits per heavy atom. The molecule has 6 heavy (non-hydrogen) atoms. The molecule has 0 amide bonds. The number of hydrogen-bond acceptors (Lipinski definition) is 1. The Kier molecular flexibility index (Phi) is 10.4. The molecule has 0 fully saturated rings. The van der Waals surface area contributed by atoms with E-state index in [0.717, 1.165) is 0 Å². The molecule has 32 valence electrons. The molecule has 0 aliphatic carbocycles. The summed E-state index contributed by atoms with van der Waals surface area (Å²) in [6.07, 6.45) is 0. The number of alkyl halides is 2. The van der Waals surface area contributed by atoms with Crippen LogP contribution in [0.1, 0.15) is 0 Å². The van der Waals surface area contributed by atoms with Crippen LogP contribution in [0.2, 0.25) is 0 Å². The van der Waals surface area contributed by atoms with Gasteiger partial charge in [0.05, 0.1) is 4.84 Å². The molecule has 0 aromatic carbocycles. The molecule has 0 heterocycles. The second kappa shape index (κ2) is 6.14. The zero-order chi connectivity index (χ0) is 4.28. The fourth-order valence-electron chi connectivity index (χ4n) is 0.